The minimum atomic E-state index is 0.215. The Labute approximate surface area is 141 Å². The summed E-state index contributed by atoms with van der Waals surface area (Å²) in [5.41, 5.74) is 1.13. The Balaban J connectivity index is 1.44. The van der Waals surface area contributed by atoms with Crippen molar-refractivity contribution in [2.24, 2.45) is 0 Å². The van der Waals surface area contributed by atoms with Gasteiger partial charge in [-0.3, -0.25) is 9.89 Å². The first kappa shape index (κ1) is 16.7. The van der Waals surface area contributed by atoms with Gasteiger partial charge in [0.25, 0.3) is 0 Å². The van der Waals surface area contributed by atoms with Crippen molar-refractivity contribution >= 4 is 5.91 Å². The quantitative estimate of drug-likeness (QED) is 0.842. The molecule has 7 nitrogen and oxygen atoms in total. The number of hydrogen-bond donors (Lipinski definition) is 1. The lowest BCUT2D eigenvalue weighted by molar-refractivity contribution is -0.132. The van der Waals surface area contributed by atoms with Crippen LogP contribution in [0.3, 0.4) is 0 Å². The van der Waals surface area contributed by atoms with Crippen molar-refractivity contribution < 1.29 is 9.32 Å². The van der Waals surface area contributed by atoms with E-state index in [1.807, 2.05) is 11.0 Å². The van der Waals surface area contributed by atoms with Gasteiger partial charge in [0.05, 0.1) is 0 Å². The van der Waals surface area contributed by atoms with Gasteiger partial charge in [0.2, 0.25) is 11.8 Å². The van der Waals surface area contributed by atoms with Gasteiger partial charge in [0, 0.05) is 50.2 Å². The number of rotatable bonds is 7. The number of hydrogen-bond acceptors (Lipinski definition) is 5. The number of aromatic amines is 1. The van der Waals surface area contributed by atoms with Crippen LogP contribution in [0.25, 0.3) is 0 Å². The molecule has 0 aromatic carbocycles. The summed E-state index contributed by atoms with van der Waals surface area (Å²) in [5, 5.41) is 11.0. The van der Waals surface area contributed by atoms with E-state index in [4.69, 9.17) is 4.52 Å². The fourth-order valence-electron chi connectivity index (χ4n) is 3.22. The average molecular weight is 331 g/mol. The first-order valence-electron chi connectivity index (χ1n) is 8.84. The molecule has 1 saturated heterocycles. The molecule has 3 heterocycles. The fourth-order valence-corrected chi connectivity index (χ4v) is 3.22. The maximum atomic E-state index is 12.4. The van der Waals surface area contributed by atoms with Crippen molar-refractivity contribution in [1.82, 2.24) is 25.2 Å². The zero-order valence-electron chi connectivity index (χ0n) is 14.2. The minimum Gasteiger partial charge on any atom is -0.342 e. The predicted molar refractivity (Wildman–Crippen MR) is 88.4 cm³/mol. The predicted octanol–water partition coefficient (Wildman–Crippen LogP) is 2.47. The number of carbonyl (C=O) groups is 1. The van der Waals surface area contributed by atoms with Crippen molar-refractivity contribution in [3.05, 3.63) is 29.7 Å². The summed E-state index contributed by atoms with van der Waals surface area (Å²) in [5.74, 6) is 1.99. The number of aromatic nitrogens is 4. The number of piperidine rings is 1. The van der Waals surface area contributed by atoms with E-state index >= 15 is 0 Å². The van der Waals surface area contributed by atoms with Crippen LogP contribution in [0, 0.1) is 0 Å². The normalized spacial score (nSPS) is 18.0. The molecule has 2 aromatic rings. The van der Waals surface area contributed by atoms with Crippen LogP contribution in [0.2, 0.25) is 0 Å². The Morgan fingerprint density at radius 2 is 2.38 bits per heavy atom. The summed E-state index contributed by atoms with van der Waals surface area (Å²) >= 11 is 0. The van der Waals surface area contributed by atoms with Gasteiger partial charge in [-0.05, 0) is 31.7 Å². The van der Waals surface area contributed by atoms with Gasteiger partial charge < -0.3 is 9.42 Å². The second kappa shape index (κ2) is 8.08. The fraction of sp³-hybridized carbons (Fsp3) is 0.647. The third-order valence-corrected chi connectivity index (χ3v) is 4.50. The van der Waals surface area contributed by atoms with Crippen LogP contribution >= 0.6 is 0 Å². The number of nitrogens with zero attached hydrogens (tertiary/aromatic N) is 4. The standard InChI is InChI=1S/C17H25N5O2/c1-2-5-15-19-16(24-21-15)7-3-8-17(23)22-11-4-6-13(12-22)14-9-10-18-20-14/h9-10,13H,2-8,11-12H2,1H3,(H,18,20)/t13-/m1/s1. The van der Waals surface area contributed by atoms with Gasteiger partial charge in [0.15, 0.2) is 5.82 Å². The van der Waals surface area contributed by atoms with E-state index < -0.39 is 0 Å². The number of amides is 1. The number of aryl methyl sites for hydroxylation is 2. The third kappa shape index (κ3) is 4.21. The Kier molecular flexibility index (Phi) is 5.61. The number of carbonyl (C=O) groups excluding carboxylic acids is 1. The molecule has 0 radical (unpaired) electrons. The molecule has 2 aromatic heterocycles. The maximum Gasteiger partial charge on any atom is 0.226 e. The molecule has 7 heteroatoms. The Morgan fingerprint density at radius 3 is 3.17 bits per heavy atom. The lowest BCUT2D eigenvalue weighted by Crippen LogP contribution is -2.39. The number of nitrogens with one attached hydrogen (secondary N) is 1. The van der Waals surface area contributed by atoms with Gasteiger partial charge >= 0.3 is 0 Å². The van der Waals surface area contributed by atoms with Crippen molar-refractivity contribution in [1.29, 1.82) is 0 Å². The number of H-pyrrole nitrogens is 1. The zero-order valence-corrected chi connectivity index (χ0v) is 14.2. The molecular weight excluding hydrogens is 306 g/mol. The second-order valence-corrected chi connectivity index (χ2v) is 6.40. The maximum absolute atomic E-state index is 12.4. The average Bonchev–Trinajstić information content (AvgIpc) is 3.27. The minimum absolute atomic E-state index is 0.215. The molecule has 130 valence electrons. The van der Waals surface area contributed by atoms with E-state index in [-0.39, 0.29) is 5.91 Å². The third-order valence-electron chi connectivity index (χ3n) is 4.50. The molecule has 1 fully saturated rings. The van der Waals surface area contributed by atoms with Crippen LogP contribution in [-0.2, 0) is 17.6 Å². The first-order valence-corrected chi connectivity index (χ1v) is 8.84. The monoisotopic (exact) mass is 331 g/mol. The van der Waals surface area contributed by atoms with Crippen LogP contribution < -0.4 is 0 Å². The smallest absolute Gasteiger partial charge is 0.226 e. The van der Waals surface area contributed by atoms with Gasteiger partial charge in [-0.1, -0.05) is 12.1 Å². The zero-order chi connectivity index (χ0) is 16.8. The van der Waals surface area contributed by atoms with Gasteiger partial charge in [0.1, 0.15) is 0 Å². The van der Waals surface area contributed by atoms with E-state index in [0.29, 0.717) is 24.7 Å². The lowest BCUT2D eigenvalue weighted by Gasteiger charge is -2.32. The highest BCUT2D eigenvalue weighted by Crippen LogP contribution is 2.25. The van der Waals surface area contributed by atoms with E-state index in [1.165, 1.54) is 0 Å². The largest absolute Gasteiger partial charge is 0.342 e. The highest BCUT2D eigenvalue weighted by atomic mass is 16.5. The summed E-state index contributed by atoms with van der Waals surface area (Å²) in [7, 11) is 0. The molecule has 1 aliphatic rings. The van der Waals surface area contributed by atoms with Crippen molar-refractivity contribution in [2.45, 2.75) is 57.8 Å². The summed E-state index contributed by atoms with van der Waals surface area (Å²) in [6.45, 7) is 3.72. The van der Waals surface area contributed by atoms with E-state index in [0.717, 1.165) is 56.7 Å². The van der Waals surface area contributed by atoms with Crippen LogP contribution in [0.4, 0.5) is 0 Å². The topological polar surface area (TPSA) is 87.9 Å². The summed E-state index contributed by atoms with van der Waals surface area (Å²) in [6, 6.07) is 2.00. The molecule has 3 rings (SSSR count). The molecule has 1 aliphatic heterocycles. The van der Waals surface area contributed by atoms with E-state index in [2.05, 4.69) is 27.3 Å². The SMILES string of the molecule is CCCc1noc(CCCC(=O)N2CCC[C@@H](c3ccn[nH]3)C2)n1. The lowest BCUT2D eigenvalue weighted by atomic mass is 9.94. The molecular formula is C17H25N5O2. The molecule has 1 N–H and O–H groups in total. The molecule has 0 aliphatic carbocycles. The number of likely N-dealkylation sites (tertiary alicyclic amines) is 1. The summed E-state index contributed by atoms with van der Waals surface area (Å²) in [4.78, 5) is 18.8. The first-order chi connectivity index (χ1) is 11.8. The highest BCUT2D eigenvalue weighted by molar-refractivity contribution is 5.76. The van der Waals surface area contributed by atoms with Gasteiger partial charge in [-0.2, -0.15) is 10.1 Å². The molecule has 1 atom stereocenters. The van der Waals surface area contributed by atoms with Gasteiger partial charge in [-0.15, -0.1) is 0 Å². The van der Waals surface area contributed by atoms with E-state index in [9.17, 15) is 4.79 Å². The van der Waals surface area contributed by atoms with Crippen molar-refractivity contribution in [3.63, 3.8) is 0 Å². The summed E-state index contributed by atoms with van der Waals surface area (Å²) < 4.78 is 5.21. The molecule has 0 unspecified atom stereocenters. The Bertz CT molecular complexity index is 637. The Hall–Kier alpha value is -2.18. The molecule has 0 spiro atoms. The van der Waals surface area contributed by atoms with Crippen LogP contribution in [0.1, 0.15) is 62.4 Å². The van der Waals surface area contributed by atoms with Crippen molar-refractivity contribution in [3.8, 4) is 0 Å². The highest BCUT2D eigenvalue weighted by Gasteiger charge is 2.25. The molecule has 24 heavy (non-hydrogen) atoms. The molecule has 0 bridgehead atoms. The van der Waals surface area contributed by atoms with Crippen LogP contribution in [-0.4, -0.2) is 44.2 Å². The van der Waals surface area contributed by atoms with Crippen molar-refractivity contribution in [2.75, 3.05) is 13.1 Å². The van der Waals surface area contributed by atoms with Gasteiger partial charge in [-0.25, -0.2) is 0 Å². The Morgan fingerprint density at radius 1 is 1.46 bits per heavy atom. The molecule has 1 amide bonds. The summed E-state index contributed by atoms with van der Waals surface area (Å²) in [6.07, 6.45) is 7.70. The van der Waals surface area contributed by atoms with Crippen LogP contribution in [0.15, 0.2) is 16.8 Å². The molecule has 0 saturated carbocycles. The van der Waals surface area contributed by atoms with Crippen LogP contribution in [0.5, 0.6) is 0 Å². The second-order valence-electron chi connectivity index (χ2n) is 6.40. The van der Waals surface area contributed by atoms with E-state index in [1.54, 1.807) is 6.20 Å².